The van der Waals surface area contributed by atoms with Gasteiger partial charge in [-0.1, -0.05) is 25.6 Å². The van der Waals surface area contributed by atoms with Gasteiger partial charge in [0.15, 0.2) is 0 Å². The highest BCUT2D eigenvalue weighted by molar-refractivity contribution is 7.71. The number of nitrogens with one attached hydrogen (secondary N) is 1. The van der Waals surface area contributed by atoms with Gasteiger partial charge in [0.1, 0.15) is 10.7 Å². The molecule has 2 rings (SSSR count). The van der Waals surface area contributed by atoms with Crippen LogP contribution in [0.15, 0.2) is 0 Å². The van der Waals surface area contributed by atoms with Crippen molar-refractivity contribution >= 4 is 12.2 Å². The van der Waals surface area contributed by atoms with Crippen LogP contribution in [0.5, 0.6) is 0 Å². The first-order valence-corrected chi connectivity index (χ1v) is 6.35. The maximum absolute atomic E-state index is 9.16. The molecule has 0 radical (unpaired) electrons. The number of rotatable bonds is 2. The van der Waals surface area contributed by atoms with E-state index in [1.54, 1.807) is 0 Å². The Morgan fingerprint density at radius 3 is 2.62 bits per heavy atom. The molecular weight excluding hydrogens is 216 g/mol. The van der Waals surface area contributed by atoms with Gasteiger partial charge in [-0.25, -0.2) is 0 Å². The van der Waals surface area contributed by atoms with Crippen LogP contribution in [0.25, 0.3) is 0 Å². The second-order valence-electron chi connectivity index (χ2n) is 4.33. The summed E-state index contributed by atoms with van der Waals surface area (Å²) in [6, 6.07) is 2.26. The van der Waals surface area contributed by atoms with E-state index in [1.807, 2.05) is 0 Å². The molecule has 0 saturated heterocycles. The fourth-order valence-electron chi connectivity index (χ4n) is 2.51. The van der Waals surface area contributed by atoms with Gasteiger partial charge in [0.05, 0.1) is 5.56 Å². The molecular formula is C13H16N2S. The average molecular weight is 232 g/mol. The molecule has 1 heterocycles. The van der Waals surface area contributed by atoms with Gasteiger partial charge in [0.25, 0.3) is 0 Å². The third kappa shape index (κ3) is 1.90. The molecule has 1 aromatic rings. The van der Waals surface area contributed by atoms with Crippen molar-refractivity contribution in [2.75, 3.05) is 0 Å². The van der Waals surface area contributed by atoms with Gasteiger partial charge in [-0.2, -0.15) is 5.26 Å². The Labute approximate surface area is 101 Å². The Kier molecular flexibility index (Phi) is 3.40. The molecule has 0 spiro atoms. The van der Waals surface area contributed by atoms with Gasteiger partial charge in [0, 0.05) is 5.69 Å². The molecule has 0 unspecified atom stereocenters. The monoisotopic (exact) mass is 232 g/mol. The molecule has 0 fully saturated rings. The topological polar surface area (TPSA) is 39.6 Å². The molecule has 0 aromatic carbocycles. The molecule has 0 amide bonds. The highest BCUT2D eigenvalue weighted by Gasteiger charge is 2.18. The number of aromatic nitrogens is 1. The molecule has 0 aliphatic heterocycles. The number of hydrogen-bond acceptors (Lipinski definition) is 2. The lowest BCUT2D eigenvalue weighted by atomic mass is 9.87. The predicted molar refractivity (Wildman–Crippen MR) is 67.0 cm³/mol. The molecule has 0 saturated carbocycles. The van der Waals surface area contributed by atoms with E-state index in [2.05, 4.69) is 18.0 Å². The van der Waals surface area contributed by atoms with Crippen molar-refractivity contribution in [3.05, 3.63) is 27.0 Å². The van der Waals surface area contributed by atoms with E-state index in [9.17, 15) is 0 Å². The fourth-order valence-corrected chi connectivity index (χ4v) is 2.80. The number of pyridine rings is 1. The maximum Gasteiger partial charge on any atom is 0.121 e. The van der Waals surface area contributed by atoms with Crippen molar-refractivity contribution in [3.8, 4) is 6.07 Å². The van der Waals surface area contributed by atoms with E-state index in [1.165, 1.54) is 29.7 Å². The summed E-state index contributed by atoms with van der Waals surface area (Å²) in [5, 5.41) is 9.16. The van der Waals surface area contributed by atoms with E-state index in [4.69, 9.17) is 17.5 Å². The Hall–Kier alpha value is -1.14. The molecule has 1 N–H and O–H groups in total. The molecule has 1 aliphatic rings. The first kappa shape index (κ1) is 11.3. The lowest BCUT2D eigenvalue weighted by Gasteiger charge is -2.20. The summed E-state index contributed by atoms with van der Waals surface area (Å²) in [5.41, 5.74) is 4.57. The van der Waals surface area contributed by atoms with Crippen LogP contribution in [-0.2, 0) is 19.3 Å². The second-order valence-corrected chi connectivity index (χ2v) is 4.74. The zero-order valence-corrected chi connectivity index (χ0v) is 10.4. The van der Waals surface area contributed by atoms with Crippen LogP contribution in [0.4, 0.5) is 0 Å². The quantitative estimate of drug-likeness (QED) is 0.793. The smallest absolute Gasteiger partial charge is 0.121 e. The molecule has 0 bridgehead atoms. The molecule has 84 valence electrons. The summed E-state index contributed by atoms with van der Waals surface area (Å²) in [6.45, 7) is 2.17. The van der Waals surface area contributed by atoms with Gasteiger partial charge < -0.3 is 4.98 Å². The standard InChI is InChI=1S/C13H16N2S/c1-2-5-12-10-7-4-3-6-9(10)11(8-14)13(16)15-12/h2-7H2,1H3,(H,15,16). The van der Waals surface area contributed by atoms with Gasteiger partial charge in [0.2, 0.25) is 0 Å². The van der Waals surface area contributed by atoms with Crippen molar-refractivity contribution in [1.29, 1.82) is 5.26 Å². The molecule has 2 nitrogen and oxygen atoms in total. The lowest BCUT2D eigenvalue weighted by molar-refractivity contribution is 0.666. The highest BCUT2D eigenvalue weighted by Crippen LogP contribution is 2.27. The van der Waals surface area contributed by atoms with Crippen molar-refractivity contribution in [3.63, 3.8) is 0 Å². The summed E-state index contributed by atoms with van der Waals surface area (Å²) in [7, 11) is 0. The third-order valence-electron chi connectivity index (χ3n) is 3.24. The van der Waals surface area contributed by atoms with Gasteiger partial charge in [-0.3, -0.25) is 0 Å². The highest BCUT2D eigenvalue weighted by atomic mass is 32.1. The first-order valence-electron chi connectivity index (χ1n) is 5.95. The fraction of sp³-hybridized carbons (Fsp3) is 0.538. The Balaban J connectivity index is 2.63. The normalized spacial score (nSPS) is 14.2. The van der Waals surface area contributed by atoms with Crippen LogP contribution in [0, 0.1) is 16.0 Å². The average Bonchev–Trinajstić information content (AvgIpc) is 2.30. The van der Waals surface area contributed by atoms with E-state index >= 15 is 0 Å². The number of nitriles is 1. The number of hydrogen-bond donors (Lipinski definition) is 1. The minimum absolute atomic E-state index is 0.631. The Bertz CT molecular complexity index is 494. The summed E-state index contributed by atoms with van der Waals surface area (Å²) in [4.78, 5) is 3.25. The SMILES string of the molecule is CCCc1[nH]c(=S)c(C#N)c2c1CCCC2. The molecule has 16 heavy (non-hydrogen) atoms. The lowest BCUT2D eigenvalue weighted by Crippen LogP contribution is -2.11. The van der Waals surface area contributed by atoms with Crippen LogP contribution in [0.3, 0.4) is 0 Å². The molecule has 0 atom stereocenters. The van der Waals surface area contributed by atoms with Crippen LogP contribution in [-0.4, -0.2) is 4.98 Å². The van der Waals surface area contributed by atoms with Crippen molar-refractivity contribution < 1.29 is 0 Å². The predicted octanol–water partition coefficient (Wildman–Crippen LogP) is 3.45. The number of aromatic amines is 1. The maximum atomic E-state index is 9.16. The van der Waals surface area contributed by atoms with E-state index in [0.29, 0.717) is 10.2 Å². The zero-order valence-electron chi connectivity index (χ0n) is 9.60. The minimum Gasteiger partial charge on any atom is -0.349 e. The largest absolute Gasteiger partial charge is 0.349 e. The van der Waals surface area contributed by atoms with Gasteiger partial charge >= 0.3 is 0 Å². The third-order valence-corrected chi connectivity index (χ3v) is 3.54. The zero-order chi connectivity index (χ0) is 11.5. The van der Waals surface area contributed by atoms with Crippen LogP contribution in [0.1, 0.15) is 48.6 Å². The summed E-state index contributed by atoms with van der Waals surface area (Å²) in [5.74, 6) is 0. The molecule has 1 aromatic heterocycles. The minimum atomic E-state index is 0.631. The number of nitrogens with zero attached hydrogens (tertiary/aromatic N) is 1. The van der Waals surface area contributed by atoms with Crippen molar-refractivity contribution in [2.45, 2.75) is 45.4 Å². The Morgan fingerprint density at radius 2 is 2.00 bits per heavy atom. The van der Waals surface area contributed by atoms with Crippen molar-refractivity contribution in [1.82, 2.24) is 4.98 Å². The summed E-state index contributed by atoms with van der Waals surface area (Å²) >= 11 is 5.26. The van der Waals surface area contributed by atoms with Crippen LogP contribution >= 0.6 is 12.2 Å². The van der Waals surface area contributed by atoms with E-state index in [0.717, 1.165) is 25.7 Å². The van der Waals surface area contributed by atoms with Crippen LogP contribution in [0.2, 0.25) is 0 Å². The summed E-state index contributed by atoms with van der Waals surface area (Å²) < 4.78 is 0.631. The van der Waals surface area contributed by atoms with Crippen molar-refractivity contribution in [2.24, 2.45) is 0 Å². The number of H-pyrrole nitrogens is 1. The number of fused-ring (bicyclic) bond motifs is 1. The van der Waals surface area contributed by atoms with Gasteiger partial charge in [-0.05, 0) is 43.2 Å². The second kappa shape index (κ2) is 4.80. The van der Waals surface area contributed by atoms with Gasteiger partial charge in [-0.15, -0.1) is 0 Å². The summed E-state index contributed by atoms with van der Waals surface area (Å²) in [6.07, 6.45) is 6.70. The van der Waals surface area contributed by atoms with E-state index < -0.39 is 0 Å². The first-order chi connectivity index (χ1) is 7.77. The van der Waals surface area contributed by atoms with Crippen LogP contribution < -0.4 is 0 Å². The Morgan fingerprint density at radius 1 is 1.31 bits per heavy atom. The number of aryl methyl sites for hydroxylation is 1. The molecule has 1 aliphatic carbocycles. The molecule has 3 heteroatoms. The van der Waals surface area contributed by atoms with E-state index in [-0.39, 0.29) is 0 Å².